The van der Waals surface area contributed by atoms with Gasteiger partial charge in [-0.2, -0.15) is 0 Å². The number of halogens is 2. The van der Waals surface area contributed by atoms with Gasteiger partial charge < -0.3 is 10.1 Å². The van der Waals surface area contributed by atoms with Crippen LogP contribution in [0.25, 0.3) is 0 Å². The third-order valence-corrected chi connectivity index (χ3v) is 3.40. The zero-order chi connectivity index (χ0) is 15.4. The first-order valence-electron chi connectivity index (χ1n) is 6.90. The molecule has 1 atom stereocenters. The van der Waals surface area contributed by atoms with Crippen molar-refractivity contribution in [2.75, 3.05) is 13.7 Å². The Bertz CT molecular complexity index is 628. The summed E-state index contributed by atoms with van der Waals surface area (Å²) in [6.45, 7) is 4.50. The minimum absolute atomic E-state index is 0.277. The smallest absolute Gasteiger partial charge is 0.163 e. The molecule has 0 spiro atoms. The van der Waals surface area contributed by atoms with Gasteiger partial charge in [0.25, 0.3) is 0 Å². The van der Waals surface area contributed by atoms with Gasteiger partial charge in [-0.3, -0.25) is 0 Å². The molecule has 0 amide bonds. The van der Waals surface area contributed by atoms with Crippen LogP contribution in [0.2, 0.25) is 0 Å². The van der Waals surface area contributed by atoms with Crippen LogP contribution >= 0.6 is 0 Å². The number of ether oxygens (including phenoxy) is 1. The molecule has 0 bridgehead atoms. The molecule has 0 aliphatic carbocycles. The van der Waals surface area contributed by atoms with Crippen LogP contribution in [-0.4, -0.2) is 13.7 Å². The molecule has 0 heterocycles. The molecule has 0 aliphatic rings. The SMILES string of the molecule is CCNC(c1ccc(C)cc1OC)c1cccc(F)c1F. The lowest BCUT2D eigenvalue weighted by atomic mass is 9.96. The molecule has 1 N–H and O–H groups in total. The lowest BCUT2D eigenvalue weighted by Gasteiger charge is -2.22. The van der Waals surface area contributed by atoms with Crippen LogP contribution in [0.15, 0.2) is 36.4 Å². The van der Waals surface area contributed by atoms with E-state index < -0.39 is 17.7 Å². The highest BCUT2D eigenvalue weighted by atomic mass is 19.2. The summed E-state index contributed by atoms with van der Waals surface area (Å²) < 4.78 is 33.0. The molecule has 0 fully saturated rings. The summed E-state index contributed by atoms with van der Waals surface area (Å²) in [4.78, 5) is 0. The third-order valence-electron chi connectivity index (χ3n) is 3.40. The van der Waals surface area contributed by atoms with Gasteiger partial charge in [-0.05, 0) is 31.2 Å². The number of benzene rings is 2. The van der Waals surface area contributed by atoms with Crippen molar-refractivity contribution >= 4 is 0 Å². The second-order valence-corrected chi connectivity index (χ2v) is 4.88. The first-order valence-corrected chi connectivity index (χ1v) is 6.90. The summed E-state index contributed by atoms with van der Waals surface area (Å²) >= 11 is 0. The quantitative estimate of drug-likeness (QED) is 0.899. The van der Waals surface area contributed by atoms with Crippen molar-refractivity contribution in [3.8, 4) is 5.75 Å². The Hall–Kier alpha value is -1.94. The number of aryl methyl sites for hydroxylation is 1. The predicted molar refractivity (Wildman–Crippen MR) is 79.6 cm³/mol. The molecule has 4 heteroatoms. The maximum absolute atomic E-state index is 14.1. The zero-order valence-corrected chi connectivity index (χ0v) is 12.4. The molecule has 112 valence electrons. The van der Waals surface area contributed by atoms with Gasteiger partial charge in [0, 0.05) is 11.1 Å². The predicted octanol–water partition coefficient (Wildman–Crippen LogP) is 3.98. The zero-order valence-electron chi connectivity index (χ0n) is 12.4. The van der Waals surface area contributed by atoms with Gasteiger partial charge in [0.2, 0.25) is 0 Å². The number of nitrogens with one attached hydrogen (secondary N) is 1. The lowest BCUT2D eigenvalue weighted by molar-refractivity contribution is 0.402. The fraction of sp³-hybridized carbons (Fsp3) is 0.294. The average Bonchev–Trinajstić information content (AvgIpc) is 2.48. The largest absolute Gasteiger partial charge is 0.496 e. The summed E-state index contributed by atoms with van der Waals surface area (Å²) in [5.41, 5.74) is 2.11. The van der Waals surface area contributed by atoms with Gasteiger partial charge in [0.15, 0.2) is 11.6 Å². The van der Waals surface area contributed by atoms with Crippen LogP contribution in [0.4, 0.5) is 8.78 Å². The van der Waals surface area contributed by atoms with Crippen LogP contribution in [0.3, 0.4) is 0 Å². The van der Waals surface area contributed by atoms with Crippen LogP contribution in [0.5, 0.6) is 5.75 Å². The summed E-state index contributed by atoms with van der Waals surface area (Å²) in [5, 5.41) is 3.19. The van der Waals surface area contributed by atoms with E-state index in [4.69, 9.17) is 4.74 Å². The van der Waals surface area contributed by atoms with E-state index in [-0.39, 0.29) is 5.56 Å². The topological polar surface area (TPSA) is 21.3 Å². The van der Waals surface area contributed by atoms with E-state index in [1.54, 1.807) is 13.2 Å². The molecule has 0 aliphatic heterocycles. The standard InChI is InChI=1S/C17H19F2NO/c1-4-20-17(13-6-5-7-14(18)16(13)19)12-9-8-11(2)10-15(12)21-3/h5-10,17,20H,4H2,1-3H3. The Balaban J connectivity index is 2.56. The summed E-state index contributed by atoms with van der Waals surface area (Å²) in [6, 6.07) is 9.46. The average molecular weight is 291 g/mol. The van der Waals surface area contributed by atoms with Gasteiger partial charge in [0.05, 0.1) is 13.2 Å². The van der Waals surface area contributed by atoms with Gasteiger partial charge in [-0.15, -0.1) is 0 Å². The van der Waals surface area contributed by atoms with Crippen molar-refractivity contribution in [3.05, 3.63) is 64.7 Å². The van der Waals surface area contributed by atoms with Gasteiger partial charge in [-0.25, -0.2) is 8.78 Å². The number of hydrogen-bond acceptors (Lipinski definition) is 2. The Morgan fingerprint density at radius 3 is 2.57 bits per heavy atom. The lowest BCUT2D eigenvalue weighted by Crippen LogP contribution is -2.24. The second-order valence-electron chi connectivity index (χ2n) is 4.88. The molecule has 0 saturated heterocycles. The Morgan fingerprint density at radius 1 is 1.14 bits per heavy atom. The van der Waals surface area contributed by atoms with Gasteiger partial charge >= 0.3 is 0 Å². The van der Waals surface area contributed by atoms with Crippen molar-refractivity contribution in [1.82, 2.24) is 5.32 Å². The summed E-state index contributed by atoms with van der Waals surface area (Å²) in [6.07, 6.45) is 0. The number of rotatable bonds is 5. The summed E-state index contributed by atoms with van der Waals surface area (Å²) in [5.74, 6) is -1.02. The Kier molecular flexibility index (Phi) is 4.91. The highest BCUT2D eigenvalue weighted by Crippen LogP contribution is 2.32. The first-order chi connectivity index (χ1) is 10.1. The minimum Gasteiger partial charge on any atom is -0.496 e. The van der Waals surface area contributed by atoms with Crippen molar-refractivity contribution in [2.45, 2.75) is 19.9 Å². The van der Waals surface area contributed by atoms with E-state index >= 15 is 0 Å². The molecule has 1 unspecified atom stereocenters. The molecular formula is C17H19F2NO. The highest BCUT2D eigenvalue weighted by Gasteiger charge is 2.22. The Morgan fingerprint density at radius 2 is 1.90 bits per heavy atom. The maximum atomic E-state index is 14.1. The second kappa shape index (κ2) is 6.68. The molecule has 0 radical (unpaired) electrons. The summed E-state index contributed by atoms with van der Waals surface area (Å²) in [7, 11) is 1.57. The fourth-order valence-corrected chi connectivity index (χ4v) is 2.39. The molecule has 0 saturated carbocycles. The van der Waals surface area contributed by atoms with E-state index in [0.29, 0.717) is 12.3 Å². The number of methoxy groups -OCH3 is 1. The van der Waals surface area contributed by atoms with Crippen LogP contribution in [-0.2, 0) is 0 Å². The first kappa shape index (κ1) is 15.4. The molecule has 2 nitrogen and oxygen atoms in total. The van der Waals surface area contributed by atoms with Crippen molar-refractivity contribution in [2.24, 2.45) is 0 Å². The van der Waals surface area contributed by atoms with Crippen molar-refractivity contribution in [1.29, 1.82) is 0 Å². The van der Waals surface area contributed by atoms with Gasteiger partial charge in [0.1, 0.15) is 5.75 Å². The van der Waals surface area contributed by atoms with Gasteiger partial charge in [-0.1, -0.05) is 31.2 Å². The van der Waals surface area contributed by atoms with Crippen molar-refractivity contribution in [3.63, 3.8) is 0 Å². The fourth-order valence-electron chi connectivity index (χ4n) is 2.39. The third kappa shape index (κ3) is 3.22. The van der Waals surface area contributed by atoms with E-state index in [1.807, 2.05) is 32.0 Å². The van der Waals surface area contributed by atoms with E-state index in [1.165, 1.54) is 6.07 Å². The van der Waals surface area contributed by atoms with E-state index in [0.717, 1.165) is 17.2 Å². The molecule has 21 heavy (non-hydrogen) atoms. The van der Waals surface area contributed by atoms with Crippen LogP contribution in [0, 0.1) is 18.6 Å². The highest BCUT2D eigenvalue weighted by molar-refractivity contribution is 5.44. The van der Waals surface area contributed by atoms with Crippen molar-refractivity contribution < 1.29 is 13.5 Å². The van der Waals surface area contributed by atoms with Crippen LogP contribution < -0.4 is 10.1 Å². The maximum Gasteiger partial charge on any atom is 0.163 e. The van der Waals surface area contributed by atoms with E-state index in [2.05, 4.69) is 5.32 Å². The molecule has 2 rings (SSSR count). The molecule has 2 aromatic carbocycles. The Labute approximate surface area is 123 Å². The molecule has 0 aromatic heterocycles. The normalized spacial score (nSPS) is 12.2. The molecule has 2 aromatic rings. The molecular weight excluding hydrogens is 272 g/mol. The van der Waals surface area contributed by atoms with E-state index in [9.17, 15) is 8.78 Å². The minimum atomic E-state index is -0.846. The van der Waals surface area contributed by atoms with Crippen LogP contribution in [0.1, 0.15) is 29.7 Å². The number of hydrogen-bond donors (Lipinski definition) is 1. The monoisotopic (exact) mass is 291 g/mol.